The van der Waals surface area contributed by atoms with Crippen molar-refractivity contribution in [1.29, 1.82) is 0 Å². The van der Waals surface area contributed by atoms with E-state index in [0.717, 1.165) is 62.1 Å². The summed E-state index contributed by atoms with van der Waals surface area (Å²) in [4.78, 5) is -1.88. The summed E-state index contributed by atoms with van der Waals surface area (Å²) in [6, 6.07) is 9.20. The minimum absolute atomic E-state index is 0. The molecule has 0 saturated heterocycles. The maximum absolute atomic E-state index is 12.2. The van der Waals surface area contributed by atoms with Crippen LogP contribution in [0.1, 0.15) is 153 Å². The molecule has 0 spiro atoms. The molecule has 2 N–H and O–H groups in total. The number of hydrogen-bond acceptors (Lipinski definition) is 5. The molecule has 0 aliphatic carbocycles. The van der Waals surface area contributed by atoms with E-state index in [1.807, 2.05) is 6.07 Å². The van der Waals surface area contributed by atoms with E-state index in [4.69, 9.17) is 4.74 Å². The first-order valence-corrected chi connectivity index (χ1v) is 20.3. The summed E-state index contributed by atoms with van der Waals surface area (Å²) < 4.78 is 74.0. The minimum atomic E-state index is -5.02. The Labute approximate surface area is 302 Å². The zero-order valence-electron chi connectivity index (χ0n) is 27.8. The Bertz CT molecular complexity index is 1330. The average molecular weight is 691 g/mol. The fraction of sp³-hybridized carbons (Fsp3) is 0.667. The summed E-state index contributed by atoms with van der Waals surface area (Å²) in [6.07, 6.45) is 26.3. The molecule has 0 atom stereocenters. The summed E-state index contributed by atoms with van der Waals surface area (Å²) >= 11 is 0. The van der Waals surface area contributed by atoms with E-state index in [1.165, 1.54) is 108 Å². The van der Waals surface area contributed by atoms with E-state index in [0.29, 0.717) is 5.75 Å². The van der Waals surface area contributed by atoms with Gasteiger partial charge in [0.05, 0.1) is 0 Å². The van der Waals surface area contributed by atoms with Gasteiger partial charge in [-0.1, -0.05) is 148 Å². The molecule has 0 bridgehead atoms. The Balaban J connectivity index is 0.0000106. The summed E-state index contributed by atoms with van der Waals surface area (Å²) in [5.41, 5.74) is 2.12. The second kappa shape index (κ2) is 24.2. The normalized spacial score (nSPS) is 11.8. The van der Waals surface area contributed by atoms with Crippen molar-refractivity contribution in [3.63, 3.8) is 0 Å². The van der Waals surface area contributed by atoms with Gasteiger partial charge in [-0.25, -0.2) is 0 Å². The first kappa shape index (κ1) is 43.1. The Morgan fingerprint density at radius 3 is 1.39 bits per heavy atom. The quantitative estimate of drug-likeness (QED) is 0.0573. The molecular weight excluding hydrogens is 632 g/mol. The summed E-state index contributed by atoms with van der Waals surface area (Å²) in [6.45, 7) is 4.47. The molecule has 0 fully saturated rings. The number of hydrogen-bond donors (Lipinski definition) is 2. The molecule has 0 aliphatic rings. The number of aryl methyl sites for hydroxylation is 1. The molecule has 2 aromatic rings. The van der Waals surface area contributed by atoms with Crippen LogP contribution in [0.15, 0.2) is 46.2 Å². The monoisotopic (exact) mass is 690 g/mol. The third-order valence-electron chi connectivity index (χ3n) is 8.51. The second-order valence-corrected chi connectivity index (χ2v) is 15.1. The third kappa shape index (κ3) is 16.9. The van der Waals surface area contributed by atoms with E-state index in [2.05, 4.69) is 19.9 Å². The molecule has 2 rings (SSSR count). The molecule has 0 radical (unpaired) electrons. The van der Waals surface area contributed by atoms with Gasteiger partial charge in [0.1, 0.15) is 16.4 Å². The van der Waals surface area contributed by atoms with Crippen molar-refractivity contribution in [2.45, 2.75) is 165 Å². The summed E-state index contributed by atoms with van der Waals surface area (Å²) in [7, 11) is -9.95. The Morgan fingerprint density at radius 2 is 0.935 bits per heavy atom. The number of rotatable bonds is 26. The van der Waals surface area contributed by atoms with Crippen molar-refractivity contribution in [2.75, 3.05) is 0 Å². The van der Waals surface area contributed by atoms with Crippen LogP contribution in [0.4, 0.5) is 0 Å². The van der Waals surface area contributed by atoms with Gasteiger partial charge in [0.15, 0.2) is 4.90 Å². The van der Waals surface area contributed by atoms with Crippen LogP contribution in [0, 0.1) is 0 Å². The van der Waals surface area contributed by atoms with Crippen LogP contribution in [-0.2, 0) is 33.1 Å². The van der Waals surface area contributed by atoms with Crippen LogP contribution in [-0.4, -0.2) is 55.5 Å². The van der Waals surface area contributed by atoms with Crippen LogP contribution in [0.2, 0.25) is 0 Å². The second-order valence-electron chi connectivity index (χ2n) is 12.4. The zero-order chi connectivity index (χ0) is 33.0. The van der Waals surface area contributed by atoms with E-state index in [-0.39, 0.29) is 35.3 Å². The molecule has 0 saturated carbocycles. The Morgan fingerprint density at radius 1 is 0.522 bits per heavy atom. The summed E-state index contributed by atoms with van der Waals surface area (Å²) in [5.74, 6) is 0.0981. The molecule has 2 aromatic carbocycles. The van der Waals surface area contributed by atoms with Crippen LogP contribution in [0.3, 0.4) is 0 Å². The number of benzene rings is 2. The summed E-state index contributed by atoms with van der Waals surface area (Å²) in [5, 5.41) is 0. The number of unbranched alkanes of at least 4 members (excludes halogenated alkanes) is 18. The Hall–Kier alpha value is -0.940. The van der Waals surface area contributed by atoms with E-state index >= 15 is 0 Å². The van der Waals surface area contributed by atoms with Gasteiger partial charge < -0.3 is 4.74 Å². The van der Waals surface area contributed by atoms with E-state index < -0.39 is 30.0 Å². The predicted octanol–water partition coefficient (Wildman–Crippen LogP) is 10.3. The van der Waals surface area contributed by atoms with Crippen LogP contribution < -0.4 is 4.74 Å². The topological polar surface area (TPSA) is 118 Å². The van der Waals surface area contributed by atoms with Crippen molar-refractivity contribution in [1.82, 2.24) is 0 Å². The first-order valence-electron chi connectivity index (χ1n) is 17.5. The third-order valence-corrected chi connectivity index (χ3v) is 10.5. The molecule has 258 valence electrons. The van der Waals surface area contributed by atoms with Gasteiger partial charge in [0.2, 0.25) is 0 Å². The SMILES string of the molecule is CCCCCCCCCCCCc1cccc(Oc2cccc(S(=O)(=O)O)c2S(=O)(=O)O)c1CCCCCCCCCCCC.[NaH]. The van der Waals surface area contributed by atoms with Crippen molar-refractivity contribution in [3.8, 4) is 11.5 Å². The molecular formula is C36H59NaO7S2. The van der Waals surface area contributed by atoms with Gasteiger partial charge in [-0.3, -0.25) is 9.11 Å². The molecule has 0 aromatic heterocycles. The van der Waals surface area contributed by atoms with Gasteiger partial charge in [-0.2, -0.15) is 16.8 Å². The molecule has 0 aliphatic heterocycles. The fourth-order valence-corrected chi connectivity index (χ4v) is 7.87. The zero-order valence-corrected chi connectivity index (χ0v) is 29.4. The molecule has 46 heavy (non-hydrogen) atoms. The van der Waals surface area contributed by atoms with Gasteiger partial charge in [-0.05, 0) is 55.0 Å². The van der Waals surface area contributed by atoms with E-state index in [9.17, 15) is 25.9 Å². The van der Waals surface area contributed by atoms with Gasteiger partial charge in [0.25, 0.3) is 20.2 Å². The predicted molar refractivity (Wildman–Crippen MR) is 191 cm³/mol. The Kier molecular flexibility index (Phi) is 22.7. The van der Waals surface area contributed by atoms with Gasteiger partial charge >= 0.3 is 29.6 Å². The van der Waals surface area contributed by atoms with Crippen molar-refractivity contribution >= 4 is 49.8 Å². The fourth-order valence-electron chi connectivity index (χ4n) is 5.97. The standard InChI is InChI=1S/C36H58O7S2.Na.H/c1-3-5-7-9-11-13-15-17-19-21-25-31-26-23-28-33(32(31)27-22-20-18-16-14-12-10-8-6-4-2)43-34-29-24-30-35(44(37,38)39)36(34)45(40,41)42;;/h23-24,26,28-30H,3-22,25,27H2,1-2H3,(H,37,38,39)(H,40,41,42);;. The molecule has 7 nitrogen and oxygen atoms in total. The van der Waals surface area contributed by atoms with Gasteiger partial charge in [-0.15, -0.1) is 0 Å². The molecule has 0 heterocycles. The molecule has 0 unspecified atom stereocenters. The average Bonchev–Trinajstić information content (AvgIpc) is 2.99. The van der Waals surface area contributed by atoms with Crippen molar-refractivity contribution < 1.29 is 30.7 Å². The van der Waals surface area contributed by atoms with E-state index in [1.54, 1.807) is 6.07 Å². The van der Waals surface area contributed by atoms with Crippen LogP contribution in [0.5, 0.6) is 11.5 Å². The first-order chi connectivity index (χ1) is 21.6. The van der Waals surface area contributed by atoms with Crippen molar-refractivity contribution in [3.05, 3.63) is 47.5 Å². The molecule has 10 heteroatoms. The maximum atomic E-state index is 12.2. The molecule has 0 amide bonds. The van der Waals surface area contributed by atoms with Crippen molar-refractivity contribution in [2.24, 2.45) is 0 Å². The van der Waals surface area contributed by atoms with Gasteiger partial charge in [0, 0.05) is 0 Å². The van der Waals surface area contributed by atoms with Crippen LogP contribution in [0.25, 0.3) is 0 Å². The van der Waals surface area contributed by atoms with Crippen LogP contribution >= 0.6 is 0 Å². The number of ether oxygens (including phenoxy) is 1.